The lowest BCUT2D eigenvalue weighted by Gasteiger charge is -2.10. The SMILES string of the molecule is O=[N+]([O-])c1cc(F)c(C(O)C(F)F)cc1F. The third kappa shape index (κ3) is 2.27. The van der Waals surface area contributed by atoms with Gasteiger partial charge in [-0.15, -0.1) is 0 Å². The fourth-order valence-electron chi connectivity index (χ4n) is 1.05. The third-order valence-corrected chi connectivity index (χ3v) is 1.82. The molecule has 4 nitrogen and oxygen atoms in total. The summed E-state index contributed by atoms with van der Waals surface area (Å²) in [6.45, 7) is 0. The Morgan fingerprint density at radius 3 is 2.25 bits per heavy atom. The van der Waals surface area contributed by atoms with Crippen molar-refractivity contribution in [1.29, 1.82) is 0 Å². The fourth-order valence-corrected chi connectivity index (χ4v) is 1.05. The molecule has 0 aliphatic rings. The first kappa shape index (κ1) is 12.4. The van der Waals surface area contributed by atoms with Crippen LogP contribution in [0.1, 0.15) is 11.7 Å². The number of aliphatic hydroxyl groups excluding tert-OH is 1. The van der Waals surface area contributed by atoms with Crippen LogP contribution >= 0.6 is 0 Å². The van der Waals surface area contributed by atoms with Crippen LogP contribution in [-0.4, -0.2) is 16.5 Å². The van der Waals surface area contributed by atoms with Crippen molar-refractivity contribution in [2.45, 2.75) is 12.5 Å². The van der Waals surface area contributed by atoms with Crippen LogP contribution in [0.25, 0.3) is 0 Å². The topological polar surface area (TPSA) is 63.4 Å². The monoisotopic (exact) mass is 239 g/mol. The largest absolute Gasteiger partial charge is 0.382 e. The van der Waals surface area contributed by atoms with Gasteiger partial charge in [0.15, 0.2) is 0 Å². The molecule has 0 aliphatic carbocycles. The molecule has 0 saturated heterocycles. The molecule has 16 heavy (non-hydrogen) atoms. The zero-order valence-corrected chi connectivity index (χ0v) is 7.53. The molecule has 0 heterocycles. The standard InChI is InChI=1S/C8H5F4NO3/c9-4-2-6(13(15)16)5(10)1-3(4)7(14)8(11)12/h1-2,7-8,14H. The fraction of sp³-hybridized carbons (Fsp3) is 0.250. The van der Waals surface area contributed by atoms with Gasteiger partial charge in [-0.25, -0.2) is 13.2 Å². The van der Waals surface area contributed by atoms with Crippen molar-refractivity contribution in [3.05, 3.63) is 39.4 Å². The highest BCUT2D eigenvalue weighted by Gasteiger charge is 2.27. The summed E-state index contributed by atoms with van der Waals surface area (Å²) in [6, 6.07) is 0.334. The second-order valence-corrected chi connectivity index (χ2v) is 2.86. The summed E-state index contributed by atoms with van der Waals surface area (Å²) in [5.74, 6) is -2.94. The number of halogens is 4. The number of benzene rings is 1. The molecule has 1 N–H and O–H groups in total. The van der Waals surface area contributed by atoms with E-state index < -0.39 is 40.3 Å². The van der Waals surface area contributed by atoms with Gasteiger partial charge in [-0.3, -0.25) is 10.1 Å². The Balaban J connectivity index is 3.25. The van der Waals surface area contributed by atoms with Crippen LogP contribution in [0.2, 0.25) is 0 Å². The van der Waals surface area contributed by atoms with E-state index in [1.165, 1.54) is 0 Å². The molecule has 0 aliphatic heterocycles. The van der Waals surface area contributed by atoms with Crippen molar-refractivity contribution in [1.82, 2.24) is 0 Å². The Morgan fingerprint density at radius 2 is 1.81 bits per heavy atom. The van der Waals surface area contributed by atoms with Gasteiger partial charge in [0.1, 0.15) is 11.9 Å². The minimum absolute atomic E-state index is 0.149. The van der Waals surface area contributed by atoms with E-state index >= 15 is 0 Å². The van der Waals surface area contributed by atoms with Crippen molar-refractivity contribution >= 4 is 5.69 Å². The van der Waals surface area contributed by atoms with Gasteiger partial charge in [0.25, 0.3) is 6.43 Å². The van der Waals surface area contributed by atoms with Crippen LogP contribution < -0.4 is 0 Å². The summed E-state index contributed by atoms with van der Waals surface area (Å²) in [4.78, 5) is 8.98. The molecule has 1 atom stereocenters. The maximum atomic E-state index is 13.0. The molecule has 1 rings (SSSR count). The minimum Gasteiger partial charge on any atom is -0.382 e. The van der Waals surface area contributed by atoms with Crippen molar-refractivity contribution in [3.8, 4) is 0 Å². The molecular formula is C8H5F4NO3. The second-order valence-electron chi connectivity index (χ2n) is 2.86. The van der Waals surface area contributed by atoms with Crippen molar-refractivity contribution in [3.63, 3.8) is 0 Å². The van der Waals surface area contributed by atoms with Crippen molar-refractivity contribution in [2.24, 2.45) is 0 Å². The van der Waals surface area contributed by atoms with Gasteiger partial charge in [-0.2, -0.15) is 4.39 Å². The highest BCUT2D eigenvalue weighted by atomic mass is 19.3. The van der Waals surface area contributed by atoms with E-state index in [1.807, 2.05) is 0 Å². The normalized spacial score (nSPS) is 12.9. The number of aliphatic hydroxyl groups is 1. The number of nitro groups is 1. The minimum atomic E-state index is -3.31. The summed E-state index contributed by atoms with van der Waals surface area (Å²) in [5.41, 5.74) is -2.19. The lowest BCUT2D eigenvalue weighted by atomic mass is 10.1. The lowest BCUT2D eigenvalue weighted by molar-refractivity contribution is -0.387. The first-order chi connectivity index (χ1) is 7.34. The van der Waals surface area contributed by atoms with Gasteiger partial charge in [0, 0.05) is 5.56 Å². The quantitative estimate of drug-likeness (QED) is 0.499. The smallest absolute Gasteiger partial charge is 0.307 e. The van der Waals surface area contributed by atoms with E-state index in [1.54, 1.807) is 0 Å². The van der Waals surface area contributed by atoms with E-state index in [2.05, 4.69) is 0 Å². The van der Waals surface area contributed by atoms with Crippen LogP contribution in [-0.2, 0) is 0 Å². The molecule has 1 aromatic carbocycles. The average Bonchev–Trinajstić information content (AvgIpc) is 2.19. The Labute approximate surface area is 86.3 Å². The molecular weight excluding hydrogens is 234 g/mol. The van der Waals surface area contributed by atoms with Gasteiger partial charge < -0.3 is 5.11 Å². The summed E-state index contributed by atoms with van der Waals surface area (Å²) >= 11 is 0. The van der Waals surface area contributed by atoms with Crippen LogP contribution in [0.15, 0.2) is 12.1 Å². The Morgan fingerprint density at radius 1 is 1.25 bits per heavy atom. The second kappa shape index (κ2) is 4.44. The number of rotatable bonds is 3. The third-order valence-electron chi connectivity index (χ3n) is 1.82. The van der Waals surface area contributed by atoms with Gasteiger partial charge >= 0.3 is 5.69 Å². The summed E-state index contributed by atoms with van der Waals surface area (Å²) in [7, 11) is 0. The molecule has 0 aromatic heterocycles. The van der Waals surface area contributed by atoms with Crippen LogP contribution in [0.4, 0.5) is 23.2 Å². The van der Waals surface area contributed by atoms with E-state index in [-0.39, 0.29) is 12.1 Å². The average molecular weight is 239 g/mol. The molecule has 0 radical (unpaired) electrons. The number of nitro benzene ring substituents is 1. The predicted molar refractivity (Wildman–Crippen MR) is 44.0 cm³/mol. The van der Waals surface area contributed by atoms with E-state index in [0.29, 0.717) is 0 Å². The van der Waals surface area contributed by atoms with Crippen LogP contribution in [0, 0.1) is 21.7 Å². The first-order valence-corrected chi connectivity index (χ1v) is 3.94. The summed E-state index contributed by atoms with van der Waals surface area (Å²) in [5, 5.41) is 19.0. The van der Waals surface area contributed by atoms with E-state index in [4.69, 9.17) is 5.11 Å². The number of hydrogen-bond acceptors (Lipinski definition) is 3. The molecule has 0 fully saturated rings. The van der Waals surface area contributed by atoms with Gasteiger partial charge in [-0.05, 0) is 6.07 Å². The van der Waals surface area contributed by atoms with Crippen molar-refractivity contribution in [2.75, 3.05) is 0 Å². The summed E-state index contributed by atoms with van der Waals surface area (Å²) in [6.07, 6.45) is -5.83. The number of nitrogens with zero attached hydrogens (tertiary/aromatic N) is 1. The van der Waals surface area contributed by atoms with Gasteiger partial charge in [-0.1, -0.05) is 0 Å². The molecule has 0 amide bonds. The Bertz CT molecular complexity index is 424. The molecule has 0 saturated carbocycles. The van der Waals surface area contributed by atoms with E-state index in [0.717, 1.165) is 0 Å². The first-order valence-electron chi connectivity index (χ1n) is 3.94. The summed E-state index contributed by atoms with van der Waals surface area (Å²) < 4.78 is 50.0. The van der Waals surface area contributed by atoms with Crippen LogP contribution in [0.5, 0.6) is 0 Å². The maximum absolute atomic E-state index is 13.0. The van der Waals surface area contributed by atoms with Crippen LogP contribution in [0.3, 0.4) is 0 Å². The van der Waals surface area contributed by atoms with Crippen molar-refractivity contribution < 1.29 is 27.6 Å². The zero-order valence-electron chi connectivity index (χ0n) is 7.53. The van der Waals surface area contributed by atoms with Gasteiger partial charge in [0.2, 0.25) is 5.82 Å². The molecule has 1 unspecified atom stereocenters. The highest BCUT2D eigenvalue weighted by Crippen LogP contribution is 2.28. The Kier molecular flexibility index (Phi) is 3.43. The Hall–Kier alpha value is -1.70. The lowest BCUT2D eigenvalue weighted by Crippen LogP contribution is -2.11. The molecule has 0 spiro atoms. The molecule has 0 bridgehead atoms. The maximum Gasteiger partial charge on any atom is 0.307 e. The zero-order chi connectivity index (χ0) is 12.5. The van der Waals surface area contributed by atoms with Gasteiger partial charge in [0.05, 0.1) is 11.0 Å². The van der Waals surface area contributed by atoms with E-state index in [9.17, 15) is 27.7 Å². The molecule has 8 heteroatoms. The molecule has 1 aromatic rings. The predicted octanol–water partition coefficient (Wildman–Crippen LogP) is 2.17. The number of alkyl halides is 2. The highest BCUT2D eigenvalue weighted by molar-refractivity contribution is 5.37. The number of hydrogen-bond donors (Lipinski definition) is 1. The molecule has 88 valence electrons.